The summed E-state index contributed by atoms with van der Waals surface area (Å²) in [7, 11) is 0. The Morgan fingerprint density at radius 1 is 0.808 bits per heavy atom. The van der Waals surface area contributed by atoms with Crippen LogP contribution in [-0.2, 0) is 9.53 Å². The summed E-state index contributed by atoms with van der Waals surface area (Å²) in [5.41, 5.74) is 5.41. The number of nitrogens with zero attached hydrogens (tertiary/aromatic N) is 1. The SMILES string of the molecule is Cc1cccc(/C=C2\N=C(c3ccc(-c4ccccc4)cc3)OC2=O)c1. The maximum absolute atomic E-state index is 12.1. The summed E-state index contributed by atoms with van der Waals surface area (Å²) in [5.74, 6) is -0.0813. The third kappa shape index (κ3) is 3.33. The molecule has 0 spiro atoms. The van der Waals surface area contributed by atoms with E-state index in [1.165, 1.54) is 0 Å². The van der Waals surface area contributed by atoms with E-state index in [4.69, 9.17) is 4.74 Å². The molecular weight excluding hydrogens is 322 g/mol. The Bertz CT molecular complexity index is 1020. The van der Waals surface area contributed by atoms with Crippen molar-refractivity contribution in [1.82, 2.24) is 0 Å². The van der Waals surface area contributed by atoms with Crippen molar-refractivity contribution in [3.05, 3.63) is 101 Å². The van der Waals surface area contributed by atoms with Gasteiger partial charge in [-0.05, 0) is 41.8 Å². The van der Waals surface area contributed by atoms with E-state index in [1.807, 2.05) is 73.7 Å². The molecule has 0 aliphatic carbocycles. The van der Waals surface area contributed by atoms with Gasteiger partial charge in [0.05, 0.1) is 0 Å². The van der Waals surface area contributed by atoms with E-state index in [9.17, 15) is 4.79 Å². The zero-order valence-electron chi connectivity index (χ0n) is 14.3. The molecule has 3 aromatic rings. The number of hydrogen-bond acceptors (Lipinski definition) is 3. The predicted molar refractivity (Wildman–Crippen MR) is 104 cm³/mol. The van der Waals surface area contributed by atoms with Crippen LogP contribution in [0, 0.1) is 6.92 Å². The number of cyclic esters (lactones) is 1. The molecule has 0 unspecified atom stereocenters. The first-order valence-electron chi connectivity index (χ1n) is 8.44. The first-order chi connectivity index (χ1) is 12.7. The Labute approximate surface area is 152 Å². The Hall–Kier alpha value is -3.46. The smallest absolute Gasteiger partial charge is 0.363 e. The molecule has 3 nitrogen and oxygen atoms in total. The molecular formula is C23H17NO2. The molecule has 0 N–H and O–H groups in total. The van der Waals surface area contributed by atoms with Gasteiger partial charge in [0.1, 0.15) is 0 Å². The average molecular weight is 339 g/mol. The van der Waals surface area contributed by atoms with E-state index in [0.717, 1.165) is 27.8 Å². The summed E-state index contributed by atoms with van der Waals surface area (Å²) in [6, 6.07) is 25.9. The van der Waals surface area contributed by atoms with Crippen molar-refractivity contribution in [3.63, 3.8) is 0 Å². The number of carbonyl (C=O) groups excluding carboxylic acids is 1. The molecule has 0 saturated carbocycles. The van der Waals surface area contributed by atoms with E-state index in [0.29, 0.717) is 11.6 Å². The maximum atomic E-state index is 12.1. The summed E-state index contributed by atoms with van der Waals surface area (Å²) in [5, 5.41) is 0. The van der Waals surface area contributed by atoms with Crippen LogP contribution in [0.5, 0.6) is 0 Å². The normalized spacial score (nSPS) is 15.0. The minimum atomic E-state index is -0.423. The van der Waals surface area contributed by atoms with Gasteiger partial charge in [0, 0.05) is 5.56 Å². The van der Waals surface area contributed by atoms with Crippen molar-refractivity contribution in [3.8, 4) is 11.1 Å². The maximum Gasteiger partial charge on any atom is 0.363 e. The highest BCUT2D eigenvalue weighted by Crippen LogP contribution is 2.23. The minimum Gasteiger partial charge on any atom is -0.402 e. The highest BCUT2D eigenvalue weighted by molar-refractivity contribution is 6.12. The number of carbonyl (C=O) groups is 1. The van der Waals surface area contributed by atoms with E-state index in [1.54, 1.807) is 6.08 Å². The zero-order valence-corrected chi connectivity index (χ0v) is 14.3. The first-order valence-corrected chi connectivity index (χ1v) is 8.44. The molecule has 126 valence electrons. The van der Waals surface area contributed by atoms with Crippen molar-refractivity contribution in [1.29, 1.82) is 0 Å². The fourth-order valence-corrected chi connectivity index (χ4v) is 2.89. The van der Waals surface area contributed by atoms with Crippen molar-refractivity contribution in [2.45, 2.75) is 6.92 Å². The van der Waals surface area contributed by atoms with Crippen molar-refractivity contribution in [2.75, 3.05) is 0 Å². The summed E-state index contributed by atoms with van der Waals surface area (Å²) in [4.78, 5) is 16.5. The van der Waals surface area contributed by atoms with Gasteiger partial charge in [0.25, 0.3) is 0 Å². The third-order valence-electron chi connectivity index (χ3n) is 4.20. The molecule has 4 rings (SSSR count). The molecule has 3 aromatic carbocycles. The number of benzene rings is 3. The Morgan fingerprint density at radius 3 is 2.23 bits per heavy atom. The van der Waals surface area contributed by atoms with E-state index in [-0.39, 0.29) is 0 Å². The Balaban J connectivity index is 1.61. The van der Waals surface area contributed by atoms with Crippen LogP contribution < -0.4 is 0 Å². The predicted octanol–water partition coefficient (Wildman–Crippen LogP) is 5.01. The molecule has 0 atom stereocenters. The molecule has 0 fully saturated rings. The Kier molecular flexibility index (Phi) is 4.20. The van der Waals surface area contributed by atoms with Crippen molar-refractivity contribution < 1.29 is 9.53 Å². The molecule has 3 heteroatoms. The monoisotopic (exact) mass is 339 g/mol. The summed E-state index contributed by atoms with van der Waals surface area (Å²) >= 11 is 0. The van der Waals surface area contributed by atoms with Crippen LogP contribution in [0.4, 0.5) is 0 Å². The molecule has 1 aliphatic rings. The fraction of sp³-hybridized carbons (Fsp3) is 0.0435. The van der Waals surface area contributed by atoms with Gasteiger partial charge in [-0.25, -0.2) is 9.79 Å². The van der Waals surface area contributed by atoms with Crippen LogP contribution in [0.1, 0.15) is 16.7 Å². The lowest BCUT2D eigenvalue weighted by Crippen LogP contribution is -2.05. The molecule has 1 aliphatic heterocycles. The molecule has 0 bridgehead atoms. The number of ether oxygens (including phenoxy) is 1. The average Bonchev–Trinajstić information content (AvgIpc) is 3.03. The largest absolute Gasteiger partial charge is 0.402 e. The molecule has 0 radical (unpaired) electrons. The van der Waals surface area contributed by atoms with E-state index in [2.05, 4.69) is 17.1 Å². The standard InChI is InChI=1S/C23H17NO2/c1-16-6-5-7-17(14-16)15-21-23(25)26-22(24-21)20-12-10-19(11-13-20)18-8-3-2-4-9-18/h2-15H,1H3/b21-15-. The quantitative estimate of drug-likeness (QED) is 0.497. The van der Waals surface area contributed by atoms with Crippen LogP contribution >= 0.6 is 0 Å². The number of hydrogen-bond donors (Lipinski definition) is 0. The topological polar surface area (TPSA) is 38.7 Å². The van der Waals surface area contributed by atoms with Gasteiger partial charge in [-0.1, -0.05) is 72.3 Å². The molecule has 1 heterocycles. The molecule has 0 amide bonds. The number of esters is 1. The van der Waals surface area contributed by atoms with Gasteiger partial charge >= 0.3 is 5.97 Å². The summed E-state index contributed by atoms with van der Waals surface area (Å²) < 4.78 is 5.35. The third-order valence-corrected chi connectivity index (χ3v) is 4.20. The summed E-state index contributed by atoms with van der Waals surface area (Å²) in [6.45, 7) is 2.01. The van der Waals surface area contributed by atoms with Crippen LogP contribution in [0.3, 0.4) is 0 Å². The van der Waals surface area contributed by atoms with Crippen LogP contribution in [0.2, 0.25) is 0 Å². The second kappa shape index (κ2) is 6.81. The number of aryl methyl sites for hydroxylation is 1. The van der Waals surface area contributed by atoms with Crippen LogP contribution in [0.15, 0.2) is 89.6 Å². The molecule has 0 aromatic heterocycles. The highest BCUT2D eigenvalue weighted by Gasteiger charge is 2.24. The number of aliphatic imine (C=N–C) groups is 1. The Morgan fingerprint density at radius 2 is 1.50 bits per heavy atom. The van der Waals surface area contributed by atoms with Crippen molar-refractivity contribution in [2.24, 2.45) is 4.99 Å². The van der Waals surface area contributed by atoms with Gasteiger partial charge in [-0.2, -0.15) is 0 Å². The second-order valence-corrected chi connectivity index (χ2v) is 6.19. The van der Waals surface area contributed by atoms with E-state index < -0.39 is 5.97 Å². The van der Waals surface area contributed by atoms with Gasteiger partial charge in [0.2, 0.25) is 5.90 Å². The molecule has 0 saturated heterocycles. The van der Waals surface area contributed by atoms with Crippen molar-refractivity contribution >= 4 is 17.9 Å². The van der Waals surface area contributed by atoms with Crippen LogP contribution in [0.25, 0.3) is 17.2 Å². The van der Waals surface area contributed by atoms with Crippen LogP contribution in [-0.4, -0.2) is 11.9 Å². The lowest BCUT2D eigenvalue weighted by molar-refractivity contribution is -0.129. The lowest BCUT2D eigenvalue weighted by Gasteiger charge is -2.03. The lowest BCUT2D eigenvalue weighted by atomic mass is 10.0. The minimum absolute atomic E-state index is 0.317. The van der Waals surface area contributed by atoms with E-state index >= 15 is 0 Å². The van der Waals surface area contributed by atoms with Gasteiger partial charge in [-0.3, -0.25) is 0 Å². The van der Waals surface area contributed by atoms with Gasteiger partial charge < -0.3 is 4.74 Å². The number of rotatable bonds is 3. The highest BCUT2D eigenvalue weighted by atomic mass is 16.6. The molecule has 26 heavy (non-hydrogen) atoms. The van der Waals surface area contributed by atoms with Gasteiger partial charge in [-0.15, -0.1) is 0 Å². The first kappa shape index (κ1) is 16.0. The summed E-state index contributed by atoms with van der Waals surface area (Å²) in [6.07, 6.45) is 1.75. The fourth-order valence-electron chi connectivity index (χ4n) is 2.89. The zero-order chi connectivity index (χ0) is 17.9. The second-order valence-electron chi connectivity index (χ2n) is 6.19. The van der Waals surface area contributed by atoms with Gasteiger partial charge in [0.15, 0.2) is 5.70 Å².